The molecule has 0 fully saturated rings. The van der Waals surface area contributed by atoms with Gasteiger partial charge in [0.15, 0.2) is 11.5 Å². The van der Waals surface area contributed by atoms with Gasteiger partial charge in [-0.25, -0.2) is 0 Å². The summed E-state index contributed by atoms with van der Waals surface area (Å²) >= 11 is 12.4. The van der Waals surface area contributed by atoms with E-state index in [2.05, 4.69) is 5.32 Å². The van der Waals surface area contributed by atoms with Crippen LogP contribution in [0.3, 0.4) is 0 Å². The SMILES string of the molecule is Oc1ccc(Cl)cc1[C@H]1CC(c2ccc3c(c2)OCO3)=N[C@H](c2cccc(Cl)c2)N1. The maximum Gasteiger partial charge on any atom is 0.231 e. The lowest BCUT2D eigenvalue weighted by atomic mass is 9.93. The van der Waals surface area contributed by atoms with Gasteiger partial charge in [0.1, 0.15) is 11.9 Å². The van der Waals surface area contributed by atoms with Crippen LogP contribution in [0, 0.1) is 0 Å². The molecular weight excluding hydrogens is 423 g/mol. The van der Waals surface area contributed by atoms with Crippen LogP contribution in [0.5, 0.6) is 17.2 Å². The van der Waals surface area contributed by atoms with E-state index >= 15 is 0 Å². The predicted octanol–water partition coefficient (Wildman–Crippen LogP) is 5.65. The van der Waals surface area contributed by atoms with Crippen LogP contribution in [0.25, 0.3) is 0 Å². The minimum absolute atomic E-state index is 0.189. The molecule has 3 aromatic carbocycles. The molecule has 30 heavy (non-hydrogen) atoms. The Hall–Kier alpha value is -2.73. The van der Waals surface area contributed by atoms with Gasteiger partial charge in [-0.2, -0.15) is 0 Å². The Kier molecular flexibility index (Phi) is 5.03. The summed E-state index contributed by atoms with van der Waals surface area (Å²) in [4.78, 5) is 4.95. The minimum atomic E-state index is -0.332. The van der Waals surface area contributed by atoms with E-state index in [1.54, 1.807) is 18.2 Å². The summed E-state index contributed by atoms with van der Waals surface area (Å²) in [7, 11) is 0. The van der Waals surface area contributed by atoms with Crippen LogP contribution in [0.4, 0.5) is 0 Å². The van der Waals surface area contributed by atoms with Crippen molar-refractivity contribution in [2.75, 3.05) is 6.79 Å². The standard InChI is InChI=1S/C23H18Cl2N2O3/c24-15-3-1-2-14(8-15)23-26-18(13-4-7-21-22(9-13)30-12-29-21)11-19(27-23)17-10-16(25)5-6-20(17)28/h1-10,19,23,27-28H,11-12H2/t19-,23+/m1/s1. The Morgan fingerprint density at radius 1 is 0.933 bits per heavy atom. The Balaban J connectivity index is 1.58. The van der Waals surface area contributed by atoms with Crippen LogP contribution in [0.2, 0.25) is 10.0 Å². The second-order valence-corrected chi connectivity index (χ2v) is 8.10. The van der Waals surface area contributed by atoms with Gasteiger partial charge in [0.05, 0.1) is 0 Å². The summed E-state index contributed by atoms with van der Waals surface area (Å²) < 4.78 is 11.0. The van der Waals surface area contributed by atoms with E-state index < -0.39 is 0 Å². The Morgan fingerprint density at radius 2 is 1.77 bits per heavy atom. The Morgan fingerprint density at radius 3 is 2.63 bits per heavy atom. The third-order valence-corrected chi connectivity index (χ3v) is 5.75. The molecule has 0 spiro atoms. The number of rotatable bonds is 3. The van der Waals surface area contributed by atoms with Gasteiger partial charge in [0.25, 0.3) is 0 Å². The zero-order valence-electron chi connectivity index (χ0n) is 15.8. The lowest BCUT2D eigenvalue weighted by molar-refractivity contribution is 0.174. The van der Waals surface area contributed by atoms with Crippen molar-refractivity contribution in [3.8, 4) is 17.2 Å². The van der Waals surface area contributed by atoms with Crippen molar-refractivity contribution in [2.24, 2.45) is 4.99 Å². The molecule has 0 amide bonds. The van der Waals surface area contributed by atoms with E-state index in [9.17, 15) is 5.11 Å². The number of phenols is 1. The van der Waals surface area contributed by atoms with Crippen molar-refractivity contribution in [3.05, 3.63) is 87.4 Å². The summed E-state index contributed by atoms with van der Waals surface area (Å²) in [6, 6.07) is 18.3. The summed E-state index contributed by atoms with van der Waals surface area (Å²) in [6.07, 6.45) is 0.242. The number of aromatic hydroxyl groups is 1. The molecule has 0 aliphatic carbocycles. The number of benzene rings is 3. The molecule has 5 nitrogen and oxygen atoms in total. The van der Waals surface area contributed by atoms with Gasteiger partial charge in [0.2, 0.25) is 6.79 Å². The molecule has 2 aliphatic rings. The highest BCUT2D eigenvalue weighted by atomic mass is 35.5. The average molecular weight is 441 g/mol. The maximum absolute atomic E-state index is 10.5. The van der Waals surface area contributed by atoms with E-state index in [0.29, 0.717) is 22.2 Å². The van der Waals surface area contributed by atoms with Crippen molar-refractivity contribution in [2.45, 2.75) is 18.6 Å². The molecule has 2 heterocycles. The average Bonchev–Trinajstić information content (AvgIpc) is 3.23. The summed E-state index contributed by atoms with van der Waals surface area (Å²) in [6.45, 7) is 0.219. The summed E-state index contributed by atoms with van der Waals surface area (Å²) in [5.41, 5.74) is 3.50. The van der Waals surface area contributed by atoms with Gasteiger partial charge in [0, 0.05) is 33.8 Å². The van der Waals surface area contributed by atoms with Crippen molar-refractivity contribution < 1.29 is 14.6 Å². The van der Waals surface area contributed by atoms with Crippen molar-refractivity contribution in [1.82, 2.24) is 5.32 Å². The van der Waals surface area contributed by atoms with Crippen molar-refractivity contribution in [1.29, 1.82) is 0 Å². The highest BCUT2D eigenvalue weighted by Gasteiger charge is 2.28. The molecule has 0 bridgehead atoms. The van der Waals surface area contributed by atoms with Crippen LogP contribution < -0.4 is 14.8 Å². The number of halogens is 2. The number of aliphatic imine (C=N–C) groups is 1. The first-order valence-corrected chi connectivity index (χ1v) is 10.3. The smallest absolute Gasteiger partial charge is 0.231 e. The second-order valence-electron chi connectivity index (χ2n) is 7.23. The number of hydrogen-bond donors (Lipinski definition) is 2. The maximum atomic E-state index is 10.5. The van der Waals surface area contributed by atoms with Crippen LogP contribution in [0.1, 0.15) is 35.3 Å². The fraction of sp³-hybridized carbons (Fsp3) is 0.174. The molecule has 0 aromatic heterocycles. The number of nitrogens with zero attached hydrogens (tertiary/aromatic N) is 1. The number of ether oxygens (including phenoxy) is 2. The molecule has 2 aliphatic heterocycles. The zero-order chi connectivity index (χ0) is 20.7. The van der Waals surface area contributed by atoms with E-state index in [1.807, 2.05) is 42.5 Å². The van der Waals surface area contributed by atoms with Gasteiger partial charge in [-0.05, 0) is 59.7 Å². The van der Waals surface area contributed by atoms with E-state index in [0.717, 1.165) is 28.2 Å². The zero-order valence-corrected chi connectivity index (χ0v) is 17.3. The van der Waals surface area contributed by atoms with Crippen molar-refractivity contribution >= 4 is 28.9 Å². The van der Waals surface area contributed by atoms with Gasteiger partial charge < -0.3 is 14.6 Å². The number of phenolic OH excluding ortho intramolecular Hbond substituents is 1. The van der Waals surface area contributed by atoms with Gasteiger partial charge in [-0.15, -0.1) is 0 Å². The third kappa shape index (κ3) is 3.72. The molecule has 152 valence electrons. The lowest BCUT2D eigenvalue weighted by Gasteiger charge is -2.31. The van der Waals surface area contributed by atoms with Gasteiger partial charge >= 0.3 is 0 Å². The van der Waals surface area contributed by atoms with E-state index in [-0.39, 0.29) is 24.8 Å². The Bertz CT molecular complexity index is 1150. The third-order valence-electron chi connectivity index (χ3n) is 5.28. The molecule has 0 saturated carbocycles. The molecule has 2 atom stereocenters. The van der Waals surface area contributed by atoms with Crippen LogP contribution >= 0.6 is 23.2 Å². The minimum Gasteiger partial charge on any atom is -0.508 e. The number of hydrogen-bond acceptors (Lipinski definition) is 5. The fourth-order valence-corrected chi connectivity index (χ4v) is 4.19. The first kappa shape index (κ1) is 19.2. The predicted molar refractivity (Wildman–Crippen MR) is 117 cm³/mol. The van der Waals surface area contributed by atoms with E-state index in [1.165, 1.54) is 0 Å². The fourth-order valence-electron chi connectivity index (χ4n) is 3.81. The highest BCUT2D eigenvalue weighted by Crippen LogP contribution is 2.38. The first-order chi connectivity index (χ1) is 14.6. The molecular formula is C23H18Cl2N2O3. The number of nitrogens with one attached hydrogen (secondary N) is 1. The largest absolute Gasteiger partial charge is 0.508 e. The topological polar surface area (TPSA) is 63.1 Å². The van der Waals surface area contributed by atoms with Gasteiger partial charge in [-0.3, -0.25) is 10.3 Å². The second kappa shape index (κ2) is 7.84. The molecule has 0 radical (unpaired) electrons. The molecule has 5 rings (SSSR count). The molecule has 0 unspecified atom stereocenters. The highest BCUT2D eigenvalue weighted by molar-refractivity contribution is 6.31. The summed E-state index contributed by atoms with van der Waals surface area (Å²) in [5, 5.41) is 15.2. The van der Waals surface area contributed by atoms with Crippen LogP contribution in [-0.4, -0.2) is 17.6 Å². The van der Waals surface area contributed by atoms with Gasteiger partial charge in [-0.1, -0.05) is 35.3 Å². The monoisotopic (exact) mass is 440 g/mol. The summed E-state index contributed by atoms with van der Waals surface area (Å²) in [5.74, 6) is 1.62. The molecule has 0 saturated heterocycles. The molecule has 3 aromatic rings. The first-order valence-electron chi connectivity index (χ1n) is 9.53. The molecule has 2 N–H and O–H groups in total. The van der Waals surface area contributed by atoms with E-state index in [4.69, 9.17) is 37.7 Å². The van der Waals surface area contributed by atoms with Crippen LogP contribution in [0.15, 0.2) is 65.7 Å². The normalized spacial score (nSPS) is 20.1. The Labute approximate surface area is 183 Å². The van der Waals surface area contributed by atoms with Crippen LogP contribution in [-0.2, 0) is 0 Å². The quantitative estimate of drug-likeness (QED) is 0.552. The number of fused-ring (bicyclic) bond motifs is 1. The van der Waals surface area contributed by atoms with Crippen molar-refractivity contribution in [3.63, 3.8) is 0 Å². The molecule has 7 heteroatoms. The lowest BCUT2D eigenvalue weighted by Crippen LogP contribution is -2.33.